The molecule has 1 amide bonds. The van der Waals surface area contributed by atoms with Gasteiger partial charge in [0.15, 0.2) is 0 Å². The molecule has 0 aliphatic heterocycles. The van der Waals surface area contributed by atoms with Crippen molar-refractivity contribution in [3.63, 3.8) is 0 Å². The van der Waals surface area contributed by atoms with Gasteiger partial charge in [-0.05, 0) is 56.3 Å². The van der Waals surface area contributed by atoms with Crippen LogP contribution >= 0.6 is 0 Å². The zero-order valence-electron chi connectivity index (χ0n) is 15.3. The number of amides is 1. The molecule has 0 spiro atoms. The first-order valence-electron chi connectivity index (χ1n) is 8.23. The fourth-order valence-corrected chi connectivity index (χ4v) is 3.20. The van der Waals surface area contributed by atoms with Crippen LogP contribution in [-0.4, -0.2) is 33.2 Å². The fourth-order valence-electron chi connectivity index (χ4n) is 2.35. The lowest BCUT2D eigenvalue weighted by molar-refractivity contribution is -0.114. The Balaban J connectivity index is 2.13. The first-order chi connectivity index (χ1) is 12.7. The summed E-state index contributed by atoms with van der Waals surface area (Å²) in [7, 11) is -3.71. The maximum atomic E-state index is 12.3. The number of ether oxygens (including phenoxy) is 1. The van der Waals surface area contributed by atoms with Gasteiger partial charge in [0.25, 0.3) is 0 Å². The summed E-state index contributed by atoms with van der Waals surface area (Å²) in [5.41, 5.74) is 1.09. The second-order valence-electron chi connectivity index (χ2n) is 6.17. The van der Waals surface area contributed by atoms with Gasteiger partial charge in [0.1, 0.15) is 12.3 Å². The number of sulfonamides is 1. The van der Waals surface area contributed by atoms with Crippen LogP contribution in [0.25, 0.3) is 0 Å². The van der Waals surface area contributed by atoms with Crippen molar-refractivity contribution in [2.45, 2.75) is 20.0 Å². The molecule has 2 aromatic rings. The topological polar surface area (TPSA) is 99.5 Å². The Bertz CT molecular complexity index is 948. The molecule has 0 bridgehead atoms. The summed E-state index contributed by atoms with van der Waals surface area (Å²) in [6, 6.07) is 14.8. The van der Waals surface area contributed by atoms with E-state index in [0.29, 0.717) is 17.0 Å². The van der Waals surface area contributed by atoms with Crippen LogP contribution in [0.3, 0.4) is 0 Å². The summed E-state index contributed by atoms with van der Waals surface area (Å²) in [6.45, 7) is 3.42. The van der Waals surface area contributed by atoms with Crippen LogP contribution in [0, 0.1) is 11.3 Å². The van der Waals surface area contributed by atoms with E-state index < -0.39 is 22.5 Å². The minimum atomic E-state index is -3.71. The van der Waals surface area contributed by atoms with Crippen LogP contribution in [0.1, 0.15) is 19.4 Å². The predicted molar refractivity (Wildman–Crippen MR) is 104 cm³/mol. The van der Waals surface area contributed by atoms with E-state index in [-0.39, 0.29) is 11.8 Å². The lowest BCUT2D eigenvalue weighted by Crippen LogP contribution is -2.37. The number of nitrogens with zero attached hydrogens (tertiary/aromatic N) is 2. The van der Waals surface area contributed by atoms with Gasteiger partial charge in [-0.15, -0.1) is 0 Å². The van der Waals surface area contributed by atoms with E-state index in [9.17, 15) is 13.2 Å². The van der Waals surface area contributed by atoms with Crippen LogP contribution in [0.5, 0.6) is 5.75 Å². The van der Waals surface area contributed by atoms with E-state index in [1.807, 2.05) is 19.9 Å². The molecule has 0 aliphatic rings. The first kappa shape index (κ1) is 20.3. The average molecular weight is 387 g/mol. The SMILES string of the molecule is CC(C)Oc1ccc(NC(=O)CN(c2cccc(C#N)c2)S(C)(=O)=O)cc1. The Morgan fingerprint density at radius 2 is 1.89 bits per heavy atom. The number of hydrogen-bond donors (Lipinski definition) is 1. The Labute approximate surface area is 159 Å². The molecule has 0 fully saturated rings. The van der Waals surface area contributed by atoms with Crippen LogP contribution in [0.4, 0.5) is 11.4 Å². The zero-order valence-corrected chi connectivity index (χ0v) is 16.2. The molecule has 7 nitrogen and oxygen atoms in total. The number of benzene rings is 2. The summed E-state index contributed by atoms with van der Waals surface area (Å²) in [6.07, 6.45) is 1.05. The highest BCUT2D eigenvalue weighted by Gasteiger charge is 2.21. The summed E-state index contributed by atoms with van der Waals surface area (Å²) in [4.78, 5) is 12.3. The second-order valence-corrected chi connectivity index (χ2v) is 8.08. The highest BCUT2D eigenvalue weighted by Crippen LogP contribution is 2.20. The van der Waals surface area contributed by atoms with E-state index in [2.05, 4.69) is 5.32 Å². The van der Waals surface area contributed by atoms with Crippen molar-refractivity contribution in [3.05, 3.63) is 54.1 Å². The quantitative estimate of drug-likeness (QED) is 0.787. The molecule has 27 heavy (non-hydrogen) atoms. The van der Waals surface area contributed by atoms with Crippen molar-refractivity contribution in [3.8, 4) is 11.8 Å². The third-order valence-electron chi connectivity index (χ3n) is 3.46. The molecule has 8 heteroatoms. The van der Waals surface area contributed by atoms with E-state index >= 15 is 0 Å². The Hall–Kier alpha value is -3.05. The van der Waals surface area contributed by atoms with Gasteiger partial charge >= 0.3 is 0 Å². The standard InChI is InChI=1S/C19H21N3O4S/c1-14(2)26-18-9-7-16(8-10-18)21-19(23)13-22(27(3,24)25)17-6-4-5-15(11-17)12-20/h4-11,14H,13H2,1-3H3,(H,21,23). The van der Waals surface area contributed by atoms with Gasteiger partial charge in [0.05, 0.1) is 29.7 Å². The summed E-state index contributed by atoms with van der Waals surface area (Å²) < 4.78 is 30.7. The van der Waals surface area contributed by atoms with Crippen molar-refractivity contribution in [1.82, 2.24) is 0 Å². The second kappa shape index (κ2) is 8.56. The van der Waals surface area contributed by atoms with Crippen molar-refractivity contribution >= 4 is 27.3 Å². The fraction of sp³-hybridized carbons (Fsp3) is 0.263. The number of anilines is 2. The van der Waals surface area contributed by atoms with Gasteiger partial charge in [0.2, 0.25) is 15.9 Å². The third kappa shape index (κ3) is 6.01. The minimum absolute atomic E-state index is 0.0398. The average Bonchev–Trinajstić information content (AvgIpc) is 2.60. The van der Waals surface area contributed by atoms with E-state index in [1.54, 1.807) is 36.4 Å². The lowest BCUT2D eigenvalue weighted by atomic mass is 10.2. The predicted octanol–water partition coefficient (Wildman–Crippen LogP) is 2.75. The third-order valence-corrected chi connectivity index (χ3v) is 4.60. The normalized spacial score (nSPS) is 10.9. The van der Waals surface area contributed by atoms with E-state index in [1.165, 1.54) is 12.1 Å². The highest BCUT2D eigenvalue weighted by molar-refractivity contribution is 7.92. The van der Waals surface area contributed by atoms with Crippen LogP contribution in [0.15, 0.2) is 48.5 Å². The molecular weight excluding hydrogens is 366 g/mol. The maximum Gasteiger partial charge on any atom is 0.245 e. The number of hydrogen-bond acceptors (Lipinski definition) is 5. The summed E-state index contributed by atoms with van der Waals surface area (Å²) in [5.74, 6) is 0.175. The van der Waals surface area contributed by atoms with Crippen LogP contribution < -0.4 is 14.4 Å². The van der Waals surface area contributed by atoms with E-state index in [4.69, 9.17) is 10.00 Å². The molecule has 142 valence electrons. The number of nitriles is 1. The molecule has 0 saturated carbocycles. The van der Waals surface area contributed by atoms with Crippen molar-refractivity contribution < 1.29 is 17.9 Å². The molecule has 0 atom stereocenters. The summed E-state index contributed by atoms with van der Waals surface area (Å²) >= 11 is 0. The number of carbonyl (C=O) groups excluding carboxylic acids is 1. The number of carbonyl (C=O) groups is 1. The number of rotatable bonds is 7. The molecule has 2 rings (SSSR count). The molecule has 0 saturated heterocycles. The lowest BCUT2D eigenvalue weighted by Gasteiger charge is -2.22. The summed E-state index contributed by atoms with van der Waals surface area (Å²) in [5, 5.41) is 11.7. The highest BCUT2D eigenvalue weighted by atomic mass is 32.2. The zero-order chi connectivity index (χ0) is 20.0. The Morgan fingerprint density at radius 3 is 2.44 bits per heavy atom. The van der Waals surface area contributed by atoms with Crippen molar-refractivity contribution in [1.29, 1.82) is 5.26 Å². The largest absolute Gasteiger partial charge is 0.491 e. The smallest absolute Gasteiger partial charge is 0.245 e. The monoisotopic (exact) mass is 387 g/mol. The van der Waals surface area contributed by atoms with Gasteiger partial charge in [0, 0.05) is 5.69 Å². The molecule has 1 N–H and O–H groups in total. The molecule has 0 aliphatic carbocycles. The van der Waals surface area contributed by atoms with Crippen molar-refractivity contribution in [2.24, 2.45) is 0 Å². The van der Waals surface area contributed by atoms with Gasteiger partial charge in [-0.25, -0.2) is 8.42 Å². The first-order valence-corrected chi connectivity index (χ1v) is 10.1. The Morgan fingerprint density at radius 1 is 1.22 bits per heavy atom. The van der Waals surface area contributed by atoms with Gasteiger partial charge in [-0.1, -0.05) is 6.07 Å². The molecule has 0 radical (unpaired) electrons. The van der Waals surface area contributed by atoms with Crippen LogP contribution in [-0.2, 0) is 14.8 Å². The minimum Gasteiger partial charge on any atom is -0.491 e. The molecule has 0 heterocycles. The van der Waals surface area contributed by atoms with E-state index in [0.717, 1.165) is 10.6 Å². The van der Waals surface area contributed by atoms with Gasteiger partial charge < -0.3 is 10.1 Å². The van der Waals surface area contributed by atoms with Crippen molar-refractivity contribution in [2.75, 3.05) is 22.4 Å². The number of nitrogens with one attached hydrogen (secondary N) is 1. The molecule has 2 aromatic carbocycles. The van der Waals surface area contributed by atoms with Crippen LogP contribution in [0.2, 0.25) is 0 Å². The molecular formula is C19H21N3O4S. The maximum absolute atomic E-state index is 12.3. The molecule has 0 aromatic heterocycles. The van der Waals surface area contributed by atoms with Gasteiger partial charge in [-0.2, -0.15) is 5.26 Å². The molecule has 0 unspecified atom stereocenters. The van der Waals surface area contributed by atoms with Gasteiger partial charge in [-0.3, -0.25) is 9.10 Å². The Kier molecular flexibility index (Phi) is 6.42.